The molecule has 2 rings (SSSR count). The van der Waals surface area contributed by atoms with E-state index in [4.69, 9.17) is 0 Å². The van der Waals surface area contributed by atoms with Gasteiger partial charge in [0.15, 0.2) is 5.43 Å². The zero-order chi connectivity index (χ0) is 15.4. The van der Waals surface area contributed by atoms with Crippen LogP contribution in [0, 0.1) is 13.8 Å². The fourth-order valence-corrected chi connectivity index (χ4v) is 2.21. The highest BCUT2D eigenvalue weighted by Crippen LogP contribution is 2.17. The number of aryl methyl sites for hydroxylation is 2. The molecular formula is C17H20N2O2. The molecule has 1 unspecified atom stereocenters. The predicted molar refractivity (Wildman–Crippen MR) is 83.5 cm³/mol. The average Bonchev–Trinajstić information content (AvgIpc) is 2.45. The molecule has 0 spiro atoms. The SMILES string of the molecule is CCC(NC(=O)c1c[nH]c(C)cc1=O)c1ccc(C)cc1. The van der Waals surface area contributed by atoms with Crippen molar-refractivity contribution in [2.24, 2.45) is 0 Å². The maximum Gasteiger partial charge on any atom is 0.257 e. The third kappa shape index (κ3) is 3.60. The van der Waals surface area contributed by atoms with Crippen LogP contribution in [-0.4, -0.2) is 10.9 Å². The molecule has 0 aliphatic carbocycles. The Balaban J connectivity index is 2.20. The molecule has 0 radical (unpaired) electrons. The van der Waals surface area contributed by atoms with Crippen LogP contribution in [0.5, 0.6) is 0 Å². The Morgan fingerprint density at radius 2 is 1.90 bits per heavy atom. The first-order valence-electron chi connectivity index (χ1n) is 7.08. The van der Waals surface area contributed by atoms with E-state index in [9.17, 15) is 9.59 Å². The smallest absolute Gasteiger partial charge is 0.257 e. The molecule has 1 atom stereocenters. The van der Waals surface area contributed by atoms with Crippen molar-refractivity contribution >= 4 is 5.91 Å². The molecule has 0 saturated heterocycles. The second kappa shape index (κ2) is 6.39. The zero-order valence-electron chi connectivity index (χ0n) is 12.6. The summed E-state index contributed by atoms with van der Waals surface area (Å²) in [6.07, 6.45) is 2.23. The van der Waals surface area contributed by atoms with E-state index in [2.05, 4.69) is 10.3 Å². The summed E-state index contributed by atoms with van der Waals surface area (Å²) in [7, 11) is 0. The molecule has 1 aromatic carbocycles. The molecule has 2 aromatic rings. The lowest BCUT2D eigenvalue weighted by molar-refractivity contribution is 0.0934. The van der Waals surface area contributed by atoms with E-state index in [-0.39, 0.29) is 22.9 Å². The first kappa shape index (κ1) is 15.0. The number of aromatic nitrogens is 1. The van der Waals surface area contributed by atoms with E-state index in [1.165, 1.54) is 17.8 Å². The Kier molecular flexibility index (Phi) is 4.58. The zero-order valence-corrected chi connectivity index (χ0v) is 12.6. The maximum absolute atomic E-state index is 12.3. The minimum absolute atomic E-state index is 0.0983. The van der Waals surface area contributed by atoms with Crippen molar-refractivity contribution in [3.8, 4) is 0 Å². The van der Waals surface area contributed by atoms with Crippen LogP contribution in [0.3, 0.4) is 0 Å². The van der Waals surface area contributed by atoms with E-state index in [1.807, 2.05) is 38.1 Å². The van der Waals surface area contributed by atoms with Gasteiger partial charge in [-0.15, -0.1) is 0 Å². The number of benzene rings is 1. The lowest BCUT2D eigenvalue weighted by Gasteiger charge is -2.17. The fraction of sp³-hybridized carbons (Fsp3) is 0.294. The van der Waals surface area contributed by atoms with Gasteiger partial charge in [-0.3, -0.25) is 9.59 Å². The molecule has 1 amide bonds. The monoisotopic (exact) mass is 284 g/mol. The van der Waals surface area contributed by atoms with Gasteiger partial charge < -0.3 is 10.3 Å². The Hall–Kier alpha value is -2.36. The molecule has 0 aliphatic rings. The Labute approximate surface area is 124 Å². The van der Waals surface area contributed by atoms with Crippen LogP contribution in [0.2, 0.25) is 0 Å². The van der Waals surface area contributed by atoms with Gasteiger partial charge in [-0.2, -0.15) is 0 Å². The lowest BCUT2D eigenvalue weighted by atomic mass is 10.0. The van der Waals surface area contributed by atoms with E-state index in [1.54, 1.807) is 6.92 Å². The Morgan fingerprint density at radius 3 is 2.48 bits per heavy atom. The molecule has 110 valence electrons. The number of rotatable bonds is 4. The van der Waals surface area contributed by atoms with Crippen molar-refractivity contribution in [3.63, 3.8) is 0 Å². The number of aromatic amines is 1. The standard InChI is InChI=1S/C17H20N2O2/c1-4-15(13-7-5-11(2)6-8-13)19-17(21)14-10-18-12(3)9-16(14)20/h5-10,15H,4H2,1-3H3,(H,18,20)(H,19,21). The van der Waals surface area contributed by atoms with E-state index >= 15 is 0 Å². The largest absolute Gasteiger partial charge is 0.364 e. The average molecular weight is 284 g/mol. The molecule has 1 heterocycles. The summed E-state index contributed by atoms with van der Waals surface area (Å²) >= 11 is 0. The van der Waals surface area contributed by atoms with Gasteiger partial charge in [-0.25, -0.2) is 0 Å². The van der Waals surface area contributed by atoms with Crippen LogP contribution in [0.4, 0.5) is 0 Å². The number of nitrogens with one attached hydrogen (secondary N) is 2. The third-order valence-electron chi connectivity index (χ3n) is 3.50. The number of carbonyl (C=O) groups is 1. The van der Waals surface area contributed by atoms with Gasteiger partial charge in [0, 0.05) is 18.0 Å². The Bertz CT molecular complexity index is 687. The molecule has 0 saturated carbocycles. The molecule has 4 heteroatoms. The van der Waals surface area contributed by atoms with Gasteiger partial charge in [0.1, 0.15) is 5.56 Å². The summed E-state index contributed by atoms with van der Waals surface area (Å²) < 4.78 is 0. The van der Waals surface area contributed by atoms with Crippen molar-refractivity contribution in [2.45, 2.75) is 33.2 Å². The molecule has 21 heavy (non-hydrogen) atoms. The van der Waals surface area contributed by atoms with Crippen molar-refractivity contribution in [1.82, 2.24) is 10.3 Å². The summed E-state index contributed by atoms with van der Waals surface area (Å²) in [5.41, 5.74) is 2.84. The molecule has 0 bridgehead atoms. The van der Waals surface area contributed by atoms with Gasteiger partial charge >= 0.3 is 0 Å². The van der Waals surface area contributed by atoms with Crippen molar-refractivity contribution in [2.75, 3.05) is 0 Å². The highest BCUT2D eigenvalue weighted by atomic mass is 16.2. The fourth-order valence-electron chi connectivity index (χ4n) is 2.21. The molecule has 0 aliphatic heterocycles. The highest BCUT2D eigenvalue weighted by molar-refractivity contribution is 5.94. The first-order valence-corrected chi connectivity index (χ1v) is 7.08. The van der Waals surface area contributed by atoms with Crippen LogP contribution in [0.1, 0.15) is 46.6 Å². The van der Waals surface area contributed by atoms with Crippen molar-refractivity contribution in [1.29, 1.82) is 0 Å². The normalized spacial score (nSPS) is 12.0. The second-order valence-corrected chi connectivity index (χ2v) is 5.24. The first-order chi connectivity index (χ1) is 10.0. The van der Waals surface area contributed by atoms with Gasteiger partial charge in [-0.1, -0.05) is 36.8 Å². The summed E-state index contributed by atoms with van der Waals surface area (Å²) in [5, 5.41) is 2.92. The molecular weight excluding hydrogens is 264 g/mol. The van der Waals surface area contributed by atoms with Crippen LogP contribution < -0.4 is 10.7 Å². The summed E-state index contributed by atoms with van der Waals surface area (Å²) in [4.78, 5) is 27.0. The Morgan fingerprint density at radius 1 is 1.24 bits per heavy atom. The van der Waals surface area contributed by atoms with Crippen LogP contribution in [0.15, 0.2) is 41.3 Å². The van der Waals surface area contributed by atoms with Gasteiger partial charge in [0.25, 0.3) is 5.91 Å². The molecule has 4 nitrogen and oxygen atoms in total. The number of hydrogen-bond acceptors (Lipinski definition) is 2. The number of amides is 1. The number of carbonyl (C=O) groups excluding carboxylic acids is 1. The minimum atomic E-state index is -0.344. The number of pyridine rings is 1. The second-order valence-electron chi connectivity index (χ2n) is 5.24. The summed E-state index contributed by atoms with van der Waals surface area (Å²) in [5.74, 6) is -0.344. The molecule has 1 aromatic heterocycles. The molecule has 2 N–H and O–H groups in total. The van der Waals surface area contributed by atoms with Crippen molar-refractivity contribution < 1.29 is 4.79 Å². The lowest BCUT2D eigenvalue weighted by Crippen LogP contribution is -2.32. The van der Waals surface area contributed by atoms with Crippen LogP contribution in [0.25, 0.3) is 0 Å². The molecule has 0 fully saturated rings. The third-order valence-corrected chi connectivity index (χ3v) is 3.50. The summed E-state index contributed by atoms with van der Waals surface area (Å²) in [6, 6.07) is 9.37. The summed E-state index contributed by atoms with van der Waals surface area (Å²) in [6.45, 7) is 5.81. The number of H-pyrrole nitrogens is 1. The number of hydrogen-bond donors (Lipinski definition) is 2. The van der Waals surface area contributed by atoms with E-state index in [0.717, 1.165) is 17.7 Å². The van der Waals surface area contributed by atoms with Gasteiger partial charge in [0.05, 0.1) is 6.04 Å². The van der Waals surface area contributed by atoms with E-state index < -0.39 is 0 Å². The van der Waals surface area contributed by atoms with E-state index in [0.29, 0.717) is 0 Å². The topological polar surface area (TPSA) is 62.0 Å². The quantitative estimate of drug-likeness (QED) is 0.907. The maximum atomic E-state index is 12.3. The minimum Gasteiger partial charge on any atom is -0.364 e. The van der Waals surface area contributed by atoms with Gasteiger partial charge in [0.2, 0.25) is 0 Å². The van der Waals surface area contributed by atoms with Crippen LogP contribution >= 0.6 is 0 Å². The highest BCUT2D eigenvalue weighted by Gasteiger charge is 2.16. The van der Waals surface area contributed by atoms with Gasteiger partial charge in [-0.05, 0) is 25.8 Å². The van der Waals surface area contributed by atoms with Crippen molar-refractivity contribution in [3.05, 3.63) is 69.1 Å². The predicted octanol–water partition coefficient (Wildman–Crippen LogP) is 2.87. The van der Waals surface area contributed by atoms with Crippen LogP contribution in [-0.2, 0) is 0 Å².